The van der Waals surface area contributed by atoms with Gasteiger partial charge < -0.3 is 23.9 Å². The molecule has 3 rings (SSSR count). The van der Waals surface area contributed by atoms with E-state index in [2.05, 4.69) is 15.1 Å². The van der Waals surface area contributed by atoms with Crippen LogP contribution in [0.5, 0.6) is 5.88 Å². The van der Waals surface area contributed by atoms with Crippen LogP contribution in [0.2, 0.25) is 0 Å². The maximum atomic E-state index is 12.4. The molecule has 0 unspecified atom stereocenters. The number of aromatic nitrogens is 3. The number of hydrogen-bond donors (Lipinski definition) is 1. The van der Waals surface area contributed by atoms with Crippen LogP contribution in [-0.4, -0.2) is 52.7 Å². The molecule has 25 heavy (non-hydrogen) atoms. The van der Waals surface area contributed by atoms with Gasteiger partial charge in [-0.25, -0.2) is 4.98 Å². The Morgan fingerprint density at radius 1 is 1.48 bits per heavy atom. The predicted molar refractivity (Wildman–Crippen MR) is 86.2 cm³/mol. The Morgan fingerprint density at radius 3 is 3.04 bits per heavy atom. The molecular formula is C16H20N4O5. The Labute approximate surface area is 143 Å². The molecule has 134 valence electrons. The highest BCUT2D eigenvalue weighted by Gasteiger charge is 2.26. The van der Waals surface area contributed by atoms with Crippen LogP contribution in [0.1, 0.15) is 29.8 Å². The molecule has 1 amide bonds. The maximum absolute atomic E-state index is 12.4. The zero-order chi connectivity index (χ0) is 17.8. The molecule has 1 atom stereocenters. The number of carbonyl (C=O) groups excluding carboxylic acids is 1. The minimum atomic E-state index is -0.399. The molecule has 9 nitrogen and oxygen atoms in total. The van der Waals surface area contributed by atoms with Crippen molar-refractivity contribution < 1.29 is 18.8 Å². The summed E-state index contributed by atoms with van der Waals surface area (Å²) < 4.78 is 15.7. The summed E-state index contributed by atoms with van der Waals surface area (Å²) in [6.07, 6.45) is 0.344. The number of methoxy groups -OCH3 is 1. The molecule has 0 aromatic carbocycles. The van der Waals surface area contributed by atoms with Crippen molar-refractivity contribution in [3.8, 4) is 5.88 Å². The van der Waals surface area contributed by atoms with E-state index in [9.17, 15) is 9.59 Å². The molecular weight excluding hydrogens is 328 g/mol. The molecule has 1 saturated heterocycles. The van der Waals surface area contributed by atoms with Gasteiger partial charge in [-0.1, -0.05) is 0 Å². The summed E-state index contributed by atoms with van der Waals surface area (Å²) in [5.41, 5.74) is 0.313. The highest BCUT2D eigenvalue weighted by atomic mass is 16.5. The second-order valence-corrected chi connectivity index (χ2v) is 5.79. The van der Waals surface area contributed by atoms with Crippen molar-refractivity contribution >= 4 is 5.91 Å². The van der Waals surface area contributed by atoms with Gasteiger partial charge in [0.15, 0.2) is 0 Å². The number of aromatic amines is 1. The minimum Gasteiger partial charge on any atom is -0.479 e. The zero-order valence-electron chi connectivity index (χ0n) is 14.2. The van der Waals surface area contributed by atoms with E-state index in [4.69, 9.17) is 14.0 Å². The third-order valence-electron chi connectivity index (χ3n) is 3.96. The lowest BCUT2D eigenvalue weighted by Crippen LogP contribution is -2.42. The topological polar surface area (TPSA) is 111 Å². The SMILES string of the molecule is COc1cc(CCC(=O)N2CCO[C@@H](c3cc(=O)[nH]c(C)n3)C2)on1. The van der Waals surface area contributed by atoms with Gasteiger partial charge in [0.25, 0.3) is 11.4 Å². The molecule has 2 aromatic rings. The summed E-state index contributed by atoms with van der Waals surface area (Å²) in [7, 11) is 1.51. The lowest BCUT2D eigenvalue weighted by Gasteiger charge is -2.32. The van der Waals surface area contributed by atoms with Crippen molar-refractivity contribution in [1.82, 2.24) is 20.0 Å². The maximum Gasteiger partial charge on any atom is 0.254 e. The lowest BCUT2D eigenvalue weighted by molar-refractivity contribution is -0.139. The first kappa shape index (κ1) is 17.2. The highest BCUT2D eigenvalue weighted by Crippen LogP contribution is 2.21. The Bertz CT molecular complexity index is 800. The first-order valence-corrected chi connectivity index (χ1v) is 8.02. The highest BCUT2D eigenvalue weighted by molar-refractivity contribution is 5.76. The van der Waals surface area contributed by atoms with Gasteiger partial charge in [-0.05, 0) is 12.1 Å². The largest absolute Gasteiger partial charge is 0.479 e. The number of amides is 1. The number of morpholine rings is 1. The molecule has 9 heteroatoms. The summed E-state index contributed by atoms with van der Waals surface area (Å²) in [6, 6.07) is 3.07. The van der Waals surface area contributed by atoms with Gasteiger partial charge in [0.1, 0.15) is 17.7 Å². The monoisotopic (exact) mass is 348 g/mol. The Kier molecular flexibility index (Phi) is 5.13. The van der Waals surface area contributed by atoms with Gasteiger partial charge >= 0.3 is 0 Å². The zero-order valence-corrected chi connectivity index (χ0v) is 14.2. The van der Waals surface area contributed by atoms with Gasteiger partial charge in [-0.2, -0.15) is 0 Å². The van der Waals surface area contributed by atoms with Crippen molar-refractivity contribution in [2.75, 3.05) is 26.8 Å². The molecule has 0 spiro atoms. The first-order valence-electron chi connectivity index (χ1n) is 8.02. The summed E-state index contributed by atoms with van der Waals surface area (Å²) in [4.78, 5) is 32.7. The number of hydrogen-bond acceptors (Lipinski definition) is 7. The number of rotatable bonds is 5. The van der Waals surface area contributed by atoms with E-state index in [0.29, 0.717) is 55.7 Å². The fraction of sp³-hybridized carbons (Fsp3) is 0.500. The average molecular weight is 348 g/mol. The van der Waals surface area contributed by atoms with E-state index < -0.39 is 6.10 Å². The quantitative estimate of drug-likeness (QED) is 0.842. The molecule has 0 radical (unpaired) electrons. The third kappa shape index (κ3) is 4.24. The van der Waals surface area contributed by atoms with Crippen LogP contribution in [-0.2, 0) is 16.0 Å². The van der Waals surface area contributed by atoms with Crippen molar-refractivity contribution in [3.05, 3.63) is 39.8 Å². The molecule has 3 heterocycles. The van der Waals surface area contributed by atoms with Crippen LogP contribution >= 0.6 is 0 Å². The van der Waals surface area contributed by atoms with Crippen molar-refractivity contribution in [1.29, 1.82) is 0 Å². The van der Waals surface area contributed by atoms with Gasteiger partial charge in [-0.15, -0.1) is 0 Å². The third-order valence-corrected chi connectivity index (χ3v) is 3.96. The van der Waals surface area contributed by atoms with Crippen molar-refractivity contribution in [2.24, 2.45) is 0 Å². The van der Waals surface area contributed by atoms with Crippen LogP contribution in [0, 0.1) is 6.92 Å². The molecule has 2 aromatic heterocycles. The number of carbonyl (C=O) groups is 1. The van der Waals surface area contributed by atoms with E-state index in [0.717, 1.165) is 0 Å². The van der Waals surface area contributed by atoms with Crippen molar-refractivity contribution in [3.63, 3.8) is 0 Å². The van der Waals surface area contributed by atoms with Gasteiger partial charge in [0, 0.05) is 31.5 Å². The second kappa shape index (κ2) is 7.47. The van der Waals surface area contributed by atoms with Crippen LogP contribution in [0.3, 0.4) is 0 Å². The van der Waals surface area contributed by atoms with E-state index in [1.165, 1.54) is 13.2 Å². The summed E-state index contributed by atoms with van der Waals surface area (Å²) in [6.45, 7) is 2.99. The van der Waals surface area contributed by atoms with Gasteiger partial charge in [-0.3, -0.25) is 9.59 Å². The number of H-pyrrole nitrogens is 1. The fourth-order valence-electron chi connectivity index (χ4n) is 2.72. The Morgan fingerprint density at radius 2 is 2.32 bits per heavy atom. The smallest absolute Gasteiger partial charge is 0.254 e. The van der Waals surface area contributed by atoms with Crippen LogP contribution in [0.15, 0.2) is 21.5 Å². The first-order chi connectivity index (χ1) is 12.0. The lowest BCUT2D eigenvalue weighted by atomic mass is 10.1. The van der Waals surface area contributed by atoms with E-state index in [1.807, 2.05) is 0 Å². The number of nitrogens with zero attached hydrogens (tertiary/aromatic N) is 3. The van der Waals surface area contributed by atoms with E-state index in [1.54, 1.807) is 17.9 Å². The molecule has 0 aliphatic carbocycles. The molecule has 1 aliphatic rings. The Hall–Kier alpha value is -2.68. The molecule has 0 bridgehead atoms. The van der Waals surface area contributed by atoms with Crippen LogP contribution in [0.25, 0.3) is 0 Å². The van der Waals surface area contributed by atoms with Gasteiger partial charge in [0.05, 0.1) is 26.0 Å². The van der Waals surface area contributed by atoms with E-state index >= 15 is 0 Å². The number of ether oxygens (including phenoxy) is 2. The number of nitrogens with one attached hydrogen (secondary N) is 1. The standard InChI is InChI=1S/C16H20N4O5/c1-10-17-12(8-14(21)18-10)13-9-20(5-6-24-13)16(22)4-3-11-7-15(23-2)19-25-11/h7-8,13H,3-6,9H2,1-2H3,(H,17,18,21)/t13-/m1/s1. The normalized spacial score (nSPS) is 17.5. The molecule has 1 fully saturated rings. The van der Waals surface area contributed by atoms with Gasteiger partial charge in [0.2, 0.25) is 5.91 Å². The van der Waals surface area contributed by atoms with Crippen LogP contribution in [0.4, 0.5) is 0 Å². The average Bonchev–Trinajstić information content (AvgIpc) is 3.07. The second-order valence-electron chi connectivity index (χ2n) is 5.79. The number of aryl methyl sites for hydroxylation is 2. The predicted octanol–water partition coefficient (Wildman–Crippen LogP) is 0.608. The molecule has 1 aliphatic heterocycles. The fourth-order valence-corrected chi connectivity index (χ4v) is 2.72. The molecule has 0 saturated carbocycles. The summed E-state index contributed by atoms with van der Waals surface area (Å²) in [5, 5.41) is 3.71. The summed E-state index contributed by atoms with van der Waals surface area (Å²) in [5.74, 6) is 1.51. The minimum absolute atomic E-state index is 0.00905. The Balaban J connectivity index is 1.60. The van der Waals surface area contributed by atoms with E-state index in [-0.39, 0.29) is 11.5 Å². The van der Waals surface area contributed by atoms with Crippen LogP contribution < -0.4 is 10.3 Å². The van der Waals surface area contributed by atoms with Crippen molar-refractivity contribution in [2.45, 2.75) is 25.9 Å². The molecule has 1 N–H and O–H groups in total. The summed E-state index contributed by atoms with van der Waals surface area (Å²) >= 11 is 0.